The van der Waals surface area contributed by atoms with E-state index in [0.717, 1.165) is 0 Å². The average Bonchev–Trinajstić information content (AvgIpc) is 2.61. The standard InChI is InChI=1S/C10H8ClNO3/c1-15-9-5-4-8(10(13)14)12-7(5)3-2-6(9)11/h2-4,12H,1H3,(H,13,14). The minimum Gasteiger partial charge on any atom is -0.494 e. The molecular weight excluding hydrogens is 218 g/mol. The van der Waals surface area contributed by atoms with Crippen LogP contribution in [-0.2, 0) is 0 Å². The van der Waals surface area contributed by atoms with Gasteiger partial charge >= 0.3 is 5.97 Å². The predicted molar refractivity (Wildman–Crippen MR) is 56.8 cm³/mol. The quantitative estimate of drug-likeness (QED) is 0.826. The molecule has 0 aliphatic carbocycles. The van der Waals surface area contributed by atoms with Crippen molar-refractivity contribution >= 4 is 28.5 Å². The van der Waals surface area contributed by atoms with Crippen molar-refractivity contribution in [1.82, 2.24) is 4.98 Å². The fraction of sp³-hybridized carbons (Fsp3) is 0.100. The zero-order valence-corrected chi connectivity index (χ0v) is 8.63. The van der Waals surface area contributed by atoms with Crippen molar-refractivity contribution in [3.63, 3.8) is 0 Å². The van der Waals surface area contributed by atoms with E-state index in [1.165, 1.54) is 13.2 Å². The Morgan fingerprint density at radius 1 is 1.53 bits per heavy atom. The smallest absolute Gasteiger partial charge is 0.352 e. The van der Waals surface area contributed by atoms with Gasteiger partial charge in [0.15, 0.2) is 0 Å². The van der Waals surface area contributed by atoms with E-state index in [9.17, 15) is 4.79 Å². The Labute approximate surface area is 90.4 Å². The molecule has 2 rings (SSSR count). The van der Waals surface area contributed by atoms with Crippen molar-refractivity contribution in [3.05, 3.63) is 28.9 Å². The number of carbonyl (C=O) groups is 1. The van der Waals surface area contributed by atoms with Crippen LogP contribution in [-0.4, -0.2) is 23.2 Å². The van der Waals surface area contributed by atoms with Gasteiger partial charge in [-0.3, -0.25) is 0 Å². The highest BCUT2D eigenvalue weighted by Gasteiger charge is 2.12. The Bertz CT molecular complexity index is 533. The van der Waals surface area contributed by atoms with Crippen molar-refractivity contribution in [2.75, 3.05) is 7.11 Å². The monoisotopic (exact) mass is 225 g/mol. The highest BCUT2D eigenvalue weighted by Crippen LogP contribution is 2.33. The van der Waals surface area contributed by atoms with E-state index < -0.39 is 5.97 Å². The second-order valence-corrected chi connectivity index (χ2v) is 3.44. The van der Waals surface area contributed by atoms with Gasteiger partial charge in [0.25, 0.3) is 0 Å². The van der Waals surface area contributed by atoms with Gasteiger partial charge in [0.2, 0.25) is 0 Å². The van der Waals surface area contributed by atoms with Crippen molar-refractivity contribution in [2.24, 2.45) is 0 Å². The van der Waals surface area contributed by atoms with Crippen LogP contribution in [0.3, 0.4) is 0 Å². The molecule has 0 radical (unpaired) electrons. The number of benzene rings is 1. The van der Waals surface area contributed by atoms with Gasteiger partial charge < -0.3 is 14.8 Å². The molecule has 5 heteroatoms. The number of fused-ring (bicyclic) bond motifs is 1. The van der Waals surface area contributed by atoms with Gasteiger partial charge in [-0.05, 0) is 18.2 Å². The largest absolute Gasteiger partial charge is 0.494 e. The summed E-state index contributed by atoms with van der Waals surface area (Å²) in [6.07, 6.45) is 0. The molecule has 0 spiro atoms. The number of aromatic nitrogens is 1. The van der Waals surface area contributed by atoms with E-state index in [2.05, 4.69) is 4.98 Å². The zero-order valence-electron chi connectivity index (χ0n) is 7.87. The fourth-order valence-electron chi connectivity index (χ4n) is 1.47. The summed E-state index contributed by atoms with van der Waals surface area (Å²) in [5, 5.41) is 9.94. The lowest BCUT2D eigenvalue weighted by Gasteiger charge is -2.03. The number of ether oxygens (including phenoxy) is 1. The molecule has 4 nitrogen and oxygen atoms in total. The van der Waals surface area contributed by atoms with Gasteiger partial charge in [0.1, 0.15) is 11.4 Å². The van der Waals surface area contributed by atoms with E-state index in [-0.39, 0.29) is 5.69 Å². The molecule has 0 saturated heterocycles. The highest BCUT2D eigenvalue weighted by molar-refractivity contribution is 6.33. The number of halogens is 1. The molecule has 1 heterocycles. The van der Waals surface area contributed by atoms with Crippen LogP contribution in [0.2, 0.25) is 5.02 Å². The first kappa shape index (κ1) is 9.86. The molecule has 2 aromatic rings. The third-order valence-corrected chi connectivity index (χ3v) is 2.44. The molecule has 0 bridgehead atoms. The van der Waals surface area contributed by atoms with Crippen LogP contribution >= 0.6 is 11.6 Å². The molecule has 0 amide bonds. The minimum atomic E-state index is -1.01. The molecule has 2 N–H and O–H groups in total. The number of hydrogen-bond acceptors (Lipinski definition) is 2. The van der Waals surface area contributed by atoms with E-state index in [1.807, 2.05) is 0 Å². The van der Waals surface area contributed by atoms with E-state index >= 15 is 0 Å². The summed E-state index contributed by atoms with van der Waals surface area (Å²) < 4.78 is 5.11. The van der Waals surface area contributed by atoms with E-state index in [4.69, 9.17) is 21.4 Å². The maximum Gasteiger partial charge on any atom is 0.352 e. The molecule has 1 aromatic heterocycles. The summed E-state index contributed by atoms with van der Waals surface area (Å²) in [7, 11) is 1.49. The Morgan fingerprint density at radius 2 is 2.27 bits per heavy atom. The highest BCUT2D eigenvalue weighted by atomic mass is 35.5. The Morgan fingerprint density at radius 3 is 2.87 bits per heavy atom. The van der Waals surface area contributed by atoms with Crippen LogP contribution in [0.15, 0.2) is 18.2 Å². The van der Waals surface area contributed by atoms with Crippen molar-refractivity contribution in [3.8, 4) is 5.75 Å². The lowest BCUT2D eigenvalue weighted by Crippen LogP contribution is -1.94. The molecule has 0 aliphatic rings. The fourth-order valence-corrected chi connectivity index (χ4v) is 1.72. The van der Waals surface area contributed by atoms with E-state index in [0.29, 0.717) is 21.7 Å². The Kier molecular flexibility index (Phi) is 2.28. The minimum absolute atomic E-state index is 0.116. The lowest BCUT2D eigenvalue weighted by atomic mass is 10.2. The number of rotatable bonds is 2. The molecule has 78 valence electrons. The Hall–Kier alpha value is -1.68. The second kappa shape index (κ2) is 3.47. The number of methoxy groups -OCH3 is 1. The van der Waals surface area contributed by atoms with Crippen molar-refractivity contribution in [1.29, 1.82) is 0 Å². The second-order valence-electron chi connectivity index (χ2n) is 3.03. The number of nitrogens with one attached hydrogen (secondary N) is 1. The first-order chi connectivity index (χ1) is 7.13. The van der Waals surface area contributed by atoms with Crippen LogP contribution in [0.5, 0.6) is 5.75 Å². The molecule has 1 aromatic carbocycles. The summed E-state index contributed by atoms with van der Waals surface area (Å²) in [6.45, 7) is 0. The van der Waals surface area contributed by atoms with Crippen LogP contribution < -0.4 is 4.74 Å². The molecule has 0 fully saturated rings. The normalized spacial score (nSPS) is 10.5. The average molecular weight is 226 g/mol. The summed E-state index contributed by atoms with van der Waals surface area (Å²) in [4.78, 5) is 13.5. The molecule has 0 saturated carbocycles. The van der Waals surface area contributed by atoms with Crippen LogP contribution in [0, 0.1) is 0 Å². The van der Waals surface area contributed by atoms with Crippen LogP contribution in [0.1, 0.15) is 10.5 Å². The summed E-state index contributed by atoms with van der Waals surface area (Å²) in [5.74, 6) is -0.526. The molecule has 0 aliphatic heterocycles. The van der Waals surface area contributed by atoms with Crippen LogP contribution in [0.25, 0.3) is 10.9 Å². The summed E-state index contributed by atoms with van der Waals surface area (Å²) >= 11 is 5.91. The van der Waals surface area contributed by atoms with Gasteiger partial charge in [0.05, 0.1) is 12.1 Å². The maximum absolute atomic E-state index is 10.8. The third-order valence-electron chi connectivity index (χ3n) is 2.14. The lowest BCUT2D eigenvalue weighted by molar-refractivity contribution is 0.0691. The number of aromatic carboxylic acids is 1. The number of H-pyrrole nitrogens is 1. The number of hydrogen-bond donors (Lipinski definition) is 2. The van der Waals surface area contributed by atoms with Crippen molar-refractivity contribution in [2.45, 2.75) is 0 Å². The van der Waals surface area contributed by atoms with Gasteiger partial charge in [0, 0.05) is 10.9 Å². The number of carboxylic acid groups (broad SMARTS) is 1. The van der Waals surface area contributed by atoms with Crippen molar-refractivity contribution < 1.29 is 14.6 Å². The summed E-state index contributed by atoms with van der Waals surface area (Å²) in [5.41, 5.74) is 0.805. The van der Waals surface area contributed by atoms with Gasteiger partial charge in [-0.15, -0.1) is 0 Å². The van der Waals surface area contributed by atoms with Gasteiger partial charge in [-0.1, -0.05) is 11.6 Å². The number of carboxylic acids is 1. The van der Waals surface area contributed by atoms with Crippen LogP contribution in [0.4, 0.5) is 0 Å². The topological polar surface area (TPSA) is 62.3 Å². The third kappa shape index (κ3) is 1.53. The SMILES string of the molecule is COc1c(Cl)ccc2[nH]c(C(=O)O)cc12. The van der Waals surface area contributed by atoms with Gasteiger partial charge in [-0.2, -0.15) is 0 Å². The maximum atomic E-state index is 10.8. The first-order valence-electron chi connectivity index (χ1n) is 4.22. The number of aromatic amines is 1. The molecule has 0 unspecified atom stereocenters. The zero-order chi connectivity index (χ0) is 11.0. The molecule has 15 heavy (non-hydrogen) atoms. The predicted octanol–water partition coefficient (Wildman–Crippen LogP) is 2.53. The first-order valence-corrected chi connectivity index (χ1v) is 4.60. The van der Waals surface area contributed by atoms with Gasteiger partial charge in [-0.25, -0.2) is 4.79 Å². The molecule has 0 atom stereocenters. The Balaban J connectivity index is 2.75. The molecular formula is C10H8ClNO3. The van der Waals surface area contributed by atoms with E-state index in [1.54, 1.807) is 12.1 Å². The summed E-state index contributed by atoms with van der Waals surface area (Å²) in [6, 6.07) is 4.87.